The van der Waals surface area contributed by atoms with E-state index >= 15 is 0 Å². The zero-order chi connectivity index (χ0) is 13.7. The van der Waals surface area contributed by atoms with E-state index in [0.29, 0.717) is 24.8 Å². The summed E-state index contributed by atoms with van der Waals surface area (Å²) in [7, 11) is -3.48. The molecule has 108 valence electrons. The summed E-state index contributed by atoms with van der Waals surface area (Å²) in [6.45, 7) is 4.03. The maximum absolute atomic E-state index is 12.0. The number of hydrogen-bond donors (Lipinski definition) is 2. The quantitative estimate of drug-likeness (QED) is 0.680. The van der Waals surface area contributed by atoms with Gasteiger partial charge in [0.05, 0.1) is 6.54 Å². The molecule has 1 heterocycles. The second kappa shape index (κ2) is 6.54. The van der Waals surface area contributed by atoms with Gasteiger partial charge in [0.15, 0.2) is 0 Å². The number of sulfonamides is 1. The molecule has 0 aliphatic heterocycles. The van der Waals surface area contributed by atoms with Crippen LogP contribution in [0.5, 0.6) is 0 Å². The van der Waals surface area contributed by atoms with Crippen molar-refractivity contribution in [3.63, 3.8) is 0 Å². The average Bonchev–Trinajstić information content (AvgIpc) is 3.05. The van der Waals surface area contributed by atoms with Crippen molar-refractivity contribution >= 4 is 10.0 Å². The number of hydrogen-bond acceptors (Lipinski definition) is 4. The Morgan fingerprint density at radius 2 is 2.11 bits per heavy atom. The van der Waals surface area contributed by atoms with Crippen molar-refractivity contribution in [3.8, 4) is 0 Å². The molecular formula is C13H22N2O3S. The van der Waals surface area contributed by atoms with Crippen molar-refractivity contribution < 1.29 is 12.8 Å². The normalized spacial score (nSPS) is 15.8. The van der Waals surface area contributed by atoms with Crippen LogP contribution in [-0.4, -0.2) is 21.5 Å². The summed E-state index contributed by atoms with van der Waals surface area (Å²) in [6, 6.07) is 3.22. The van der Waals surface area contributed by atoms with E-state index in [2.05, 4.69) is 17.0 Å². The SMILES string of the molecule is CCCNCc1ccc(S(=O)(=O)NCCC2CC2)o1. The minimum Gasteiger partial charge on any atom is -0.447 e. The Hall–Kier alpha value is -0.850. The lowest BCUT2D eigenvalue weighted by molar-refractivity contribution is 0.399. The topological polar surface area (TPSA) is 71.3 Å². The maximum atomic E-state index is 12.0. The first-order valence-corrected chi connectivity index (χ1v) is 8.39. The lowest BCUT2D eigenvalue weighted by Crippen LogP contribution is -2.24. The van der Waals surface area contributed by atoms with Crippen LogP contribution in [0.3, 0.4) is 0 Å². The van der Waals surface area contributed by atoms with Gasteiger partial charge in [0.2, 0.25) is 5.09 Å². The van der Waals surface area contributed by atoms with Crippen molar-refractivity contribution in [2.24, 2.45) is 5.92 Å². The lowest BCUT2D eigenvalue weighted by Gasteiger charge is -2.03. The van der Waals surface area contributed by atoms with Crippen LogP contribution in [0.1, 0.15) is 38.4 Å². The van der Waals surface area contributed by atoms with Crippen LogP contribution < -0.4 is 10.0 Å². The molecule has 2 N–H and O–H groups in total. The lowest BCUT2D eigenvalue weighted by atomic mass is 10.3. The summed E-state index contributed by atoms with van der Waals surface area (Å²) in [5.41, 5.74) is 0. The summed E-state index contributed by atoms with van der Waals surface area (Å²) in [5.74, 6) is 1.36. The molecular weight excluding hydrogens is 264 g/mol. The minimum absolute atomic E-state index is 0.0107. The van der Waals surface area contributed by atoms with Crippen molar-refractivity contribution in [1.82, 2.24) is 10.0 Å². The molecule has 0 aromatic carbocycles. The van der Waals surface area contributed by atoms with Gasteiger partial charge in [-0.15, -0.1) is 0 Å². The Labute approximate surface area is 114 Å². The van der Waals surface area contributed by atoms with Gasteiger partial charge in [0.25, 0.3) is 10.0 Å². The van der Waals surface area contributed by atoms with E-state index in [-0.39, 0.29) is 5.09 Å². The largest absolute Gasteiger partial charge is 0.447 e. The molecule has 0 spiro atoms. The fourth-order valence-electron chi connectivity index (χ4n) is 1.86. The Kier molecular flexibility index (Phi) is 5.01. The van der Waals surface area contributed by atoms with Crippen LogP contribution in [0.4, 0.5) is 0 Å². The second-order valence-corrected chi connectivity index (χ2v) is 6.73. The molecule has 1 saturated carbocycles. The van der Waals surface area contributed by atoms with Crippen LogP contribution in [0, 0.1) is 5.92 Å². The number of rotatable bonds is 9. The smallest absolute Gasteiger partial charge is 0.273 e. The molecule has 1 aromatic heterocycles. The summed E-state index contributed by atoms with van der Waals surface area (Å²) in [5, 5.41) is 3.18. The predicted octanol–water partition coefficient (Wildman–Crippen LogP) is 1.86. The molecule has 1 aliphatic rings. The molecule has 2 rings (SSSR count). The van der Waals surface area contributed by atoms with Gasteiger partial charge in [0.1, 0.15) is 5.76 Å². The van der Waals surface area contributed by atoms with E-state index < -0.39 is 10.0 Å². The molecule has 0 radical (unpaired) electrons. The van der Waals surface area contributed by atoms with Gasteiger partial charge in [-0.2, -0.15) is 0 Å². The van der Waals surface area contributed by atoms with E-state index in [9.17, 15) is 8.42 Å². The first-order chi connectivity index (χ1) is 9.12. The predicted molar refractivity (Wildman–Crippen MR) is 73.2 cm³/mol. The fraction of sp³-hybridized carbons (Fsp3) is 0.692. The van der Waals surface area contributed by atoms with Crippen LogP contribution in [0.2, 0.25) is 0 Å². The third kappa shape index (κ3) is 4.63. The summed E-state index contributed by atoms with van der Waals surface area (Å²) in [6.07, 6.45) is 4.42. The third-order valence-electron chi connectivity index (χ3n) is 3.17. The molecule has 0 saturated heterocycles. The summed E-state index contributed by atoms with van der Waals surface area (Å²) < 4.78 is 31.8. The van der Waals surface area contributed by atoms with Gasteiger partial charge >= 0.3 is 0 Å². The van der Waals surface area contributed by atoms with Gasteiger partial charge in [-0.25, -0.2) is 13.1 Å². The summed E-state index contributed by atoms with van der Waals surface area (Å²) in [4.78, 5) is 0. The van der Waals surface area contributed by atoms with Gasteiger partial charge in [0, 0.05) is 6.54 Å². The highest BCUT2D eigenvalue weighted by atomic mass is 32.2. The Morgan fingerprint density at radius 1 is 1.32 bits per heavy atom. The van der Waals surface area contributed by atoms with Crippen LogP contribution in [-0.2, 0) is 16.6 Å². The van der Waals surface area contributed by atoms with Gasteiger partial charge in [-0.05, 0) is 37.4 Å². The van der Waals surface area contributed by atoms with Crippen LogP contribution in [0.15, 0.2) is 21.6 Å². The number of nitrogens with one attached hydrogen (secondary N) is 2. The zero-order valence-corrected chi connectivity index (χ0v) is 12.1. The molecule has 6 heteroatoms. The molecule has 1 fully saturated rings. The molecule has 1 aliphatic carbocycles. The van der Waals surface area contributed by atoms with E-state index in [4.69, 9.17) is 4.42 Å². The number of furan rings is 1. The fourth-order valence-corrected chi connectivity index (χ4v) is 2.85. The van der Waals surface area contributed by atoms with Gasteiger partial charge in [-0.1, -0.05) is 19.8 Å². The highest BCUT2D eigenvalue weighted by Gasteiger charge is 2.23. The molecule has 0 amide bonds. The standard InChI is InChI=1S/C13H22N2O3S/c1-2-8-14-10-12-5-6-13(18-12)19(16,17)15-9-7-11-3-4-11/h5-6,11,14-15H,2-4,7-10H2,1H3. The molecule has 19 heavy (non-hydrogen) atoms. The van der Waals surface area contributed by atoms with Crippen molar-refractivity contribution in [1.29, 1.82) is 0 Å². The first kappa shape index (κ1) is 14.6. The third-order valence-corrected chi connectivity index (χ3v) is 4.50. The van der Waals surface area contributed by atoms with E-state index in [1.54, 1.807) is 6.07 Å². The molecule has 0 atom stereocenters. The van der Waals surface area contributed by atoms with Crippen LogP contribution in [0.25, 0.3) is 0 Å². The second-order valence-electron chi connectivity index (χ2n) is 5.03. The highest BCUT2D eigenvalue weighted by Crippen LogP contribution is 2.31. The molecule has 5 nitrogen and oxygen atoms in total. The molecule has 0 bridgehead atoms. The highest BCUT2D eigenvalue weighted by molar-refractivity contribution is 7.89. The average molecular weight is 286 g/mol. The van der Waals surface area contributed by atoms with E-state index in [1.807, 2.05) is 0 Å². The zero-order valence-electron chi connectivity index (χ0n) is 11.3. The Morgan fingerprint density at radius 3 is 2.79 bits per heavy atom. The monoisotopic (exact) mass is 286 g/mol. The maximum Gasteiger partial charge on any atom is 0.273 e. The minimum atomic E-state index is -3.48. The van der Waals surface area contributed by atoms with Gasteiger partial charge < -0.3 is 9.73 Å². The molecule has 1 aromatic rings. The van der Waals surface area contributed by atoms with E-state index in [0.717, 1.165) is 19.4 Å². The van der Waals surface area contributed by atoms with Crippen molar-refractivity contribution in [2.45, 2.75) is 44.2 Å². The summed E-state index contributed by atoms with van der Waals surface area (Å²) >= 11 is 0. The van der Waals surface area contributed by atoms with Crippen molar-refractivity contribution in [3.05, 3.63) is 17.9 Å². The van der Waals surface area contributed by atoms with Gasteiger partial charge in [-0.3, -0.25) is 0 Å². The first-order valence-electron chi connectivity index (χ1n) is 6.91. The Balaban J connectivity index is 1.84. The van der Waals surface area contributed by atoms with E-state index in [1.165, 1.54) is 18.9 Å². The van der Waals surface area contributed by atoms with Crippen molar-refractivity contribution in [2.75, 3.05) is 13.1 Å². The van der Waals surface area contributed by atoms with Crippen LogP contribution >= 0.6 is 0 Å². The molecule has 0 unspecified atom stereocenters. The Bertz CT molecular complexity index is 492.